The zero-order valence-corrected chi connectivity index (χ0v) is 15.5. The fourth-order valence-electron chi connectivity index (χ4n) is 2.89. The number of H-pyrrole nitrogens is 1. The van der Waals surface area contributed by atoms with Crippen molar-refractivity contribution in [2.24, 2.45) is 0 Å². The van der Waals surface area contributed by atoms with E-state index in [1.165, 1.54) is 4.90 Å². The van der Waals surface area contributed by atoms with Crippen molar-refractivity contribution in [3.05, 3.63) is 64.8 Å². The van der Waals surface area contributed by atoms with Crippen LogP contribution in [0.2, 0.25) is 5.02 Å². The van der Waals surface area contributed by atoms with Crippen LogP contribution in [0, 0.1) is 0 Å². The molecule has 0 spiro atoms. The lowest BCUT2D eigenvalue weighted by Gasteiger charge is -2.21. The van der Waals surface area contributed by atoms with Gasteiger partial charge in [0.1, 0.15) is 5.75 Å². The van der Waals surface area contributed by atoms with Crippen LogP contribution in [0.1, 0.15) is 17.2 Å². The molecule has 0 radical (unpaired) electrons. The Morgan fingerprint density at radius 3 is 2.69 bits per heavy atom. The molecular weight excluding hydrogens is 352 g/mol. The van der Waals surface area contributed by atoms with Crippen LogP contribution in [-0.4, -0.2) is 41.6 Å². The number of likely N-dealkylation sites (N-methyl/N-ethyl adjacent to an activating group) is 1. The Morgan fingerprint density at radius 2 is 2.00 bits per heavy atom. The van der Waals surface area contributed by atoms with E-state index in [2.05, 4.69) is 4.98 Å². The molecule has 1 amide bonds. The maximum absolute atomic E-state index is 12.6. The minimum absolute atomic E-state index is 0.0709. The Balaban J connectivity index is 1.65. The summed E-state index contributed by atoms with van der Waals surface area (Å²) in [5, 5.41) is 12.0. The largest absolute Gasteiger partial charge is 0.497 e. The van der Waals surface area contributed by atoms with Crippen molar-refractivity contribution in [3.63, 3.8) is 0 Å². The van der Waals surface area contributed by atoms with Crippen molar-refractivity contribution in [1.29, 1.82) is 0 Å². The second-order valence-electron chi connectivity index (χ2n) is 6.24. The summed E-state index contributed by atoms with van der Waals surface area (Å²) in [6.45, 7) is 0.217. The van der Waals surface area contributed by atoms with Crippen LogP contribution in [0.5, 0.6) is 5.75 Å². The Kier molecular flexibility index (Phi) is 5.49. The van der Waals surface area contributed by atoms with Crippen molar-refractivity contribution in [2.75, 3.05) is 20.7 Å². The molecule has 2 N–H and O–H groups in total. The average molecular weight is 373 g/mol. The number of ether oxygens (including phenoxy) is 1. The van der Waals surface area contributed by atoms with Crippen molar-refractivity contribution < 1.29 is 14.6 Å². The highest BCUT2D eigenvalue weighted by Gasteiger charge is 2.17. The molecule has 1 atom stereocenters. The molecule has 3 rings (SSSR count). The minimum Gasteiger partial charge on any atom is -0.497 e. The number of benzene rings is 2. The van der Waals surface area contributed by atoms with Crippen LogP contribution < -0.4 is 4.74 Å². The maximum atomic E-state index is 12.6. The van der Waals surface area contributed by atoms with E-state index < -0.39 is 6.10 Å². The van der Waals surface area contributed by atoms with Gasteiger partial charge in [-0.1, -0.05) is 23.7 Å². The molecule has 0 saturated heterocycles. The Morgan fingerprint density at radius 1 is 1.27 bits per heavy atom. The second-order valence-corrected chi connectivity index (χ2v) is 6.68. The number of rotatable bonds is 6. The average Bonchev–Trinajstić information content (AvgIpc) is 3.03. The van der Waals surface area contributed by atoms with E-state index in [0.29, 0.717) is 5.02 Å². The number of hydrogen-bond donors (Lipinski definition) is 2. The molecule has 0 aliphatic heterocycles. The highest BCUT2D eigenvalue weighted by molar-refractivity contribution is 6.31. The number of aromatic amines is 1. The number of aliphatic hydroxyl groups excluding tert-OH is 1. The molecule has 1 heterocycles. The normalized spacial score (nSPS) is 12.2. The second kappa shape index (κ2) is 7.81. The van der Waals surface area contributed by atoms with Gasteiger partial charge in [0, 0.05) is 29.2 Å². The number of carbonyl (C=O) groups excluding carboxylic acids is 1. The molecule has 1 unspecified atom stereocenters. The van der Waals surface area contributed by atoms with Gasteiger partial charge < -0.3 is 19.7 Å². The highest BCUT2D eigenvalue weighted by Crippen LogP contribution is 2.23. The van der Waals surface area contributed by atoms with Crippen LogP contribution in [0.3, 0.4) is 0 Å². The maximum Gasteiger partial charge on any atom is 0.226 e. The standard InChI is InChI=1S/C20H21ClN2O3/c1-23(12-19(24)13-3-6-16(26-2)7-4-13)20(25)9-14-11-22-18-8-5-15(21)10-17(14)18/h3-8,10-11,19,22,24H,9,12H2,1-2H3. The van der Waals surface area contributed by atoms with Gasteiger partial charge in [0.25, 0.3) is 0 Å². The minimum atomic E-state index is -0.757. The monoisotopic (exact) mass is 372 g/mol. The molecule has 6 heteroatoms. The molecule has 0 fully saturated rings. The number of carbonyl (C=O) groups is 1. The summed E-state index contributed by atoms with van der Waals surface area (Å²) >= 11 is 6.05. The van der Waals surface area contributed by atoms with Crippen LogP contribution in [-0.2, 0) is 11.2 Å². The number of halogens is 1. The van der Waals surface area contributed by atoms with Crippen LogP contribution in [0.4, 0.5) is 0 Å². The molecule has 3 aromatic rings. The number of aromatic nitrogens is 1. The number of nitrogens with one attached hydrogen (secondary N) is 1. The molecule has 0 bridgehead atoms. The van der Waals surface area contributed by atoms with Gasteiger partial charge in [-0.15, -0.1) is 0 Å². The van der Waals surface area contributed by atoms with E-state index in [9.17, 15) is 9.90 Å². The zero-order chi connectivity index (χ0) is 18.7. The van der Waals surface area contributed by atoms with Gasteiger partial charge in [0.2, 0.25) is 5.91 Å². The zero-order valence-electron chi connectivity index (χ0n) is 14.7. The van der Waals surface area contributed by atoms with E-state index in [4.69, 9.17) is 16.3 Å². The molecular formula is C20H21ClN2O3. The fraction of sp³-hybridized carbons (Fsp3) is 0.250. The van der Waals surface area contributed by atoms with E-state index in [0.717, 1.165) is 27.8 Å². The van der Waals surface area contributed by atoms with Gasteiger partial charge in [-0.2, -0.15) is 0 Å². The van der Waals surface area contributed by atoms with Crippen LogP contribution in [0.25, 0.3) is 10.9 Å². The van der Waals surface area contributed by atoms with E-state index in [1.54, 1.807) is 38.4 Å². The lowest BCUT2D eigenvalue weighted by Crippen LogP contribution is -2.32. The number of aliphatic hydroxyl groups is 1. The smallest absolute Gasteiger partial charge is 0.226 e. The summed E-state index contributed by atoms with van der Waals surface area (Å²) in [7, 11) is 3.28. The van der Waals surface area contributed by atoms with Crippen LogP contribution >= 0.6 is 11.6 Å². The third-order valence-corrected chi connectivity index (χ3v) is 4.68. The SMILES string of the molecule is COc1ccc(C(O)CN(C)C(=O)Cc2c[nH]c3ccc(Cl)cc23)cc1. The summed E-state index contributed by atoms with van der Waals surface area (Å²) in [5.41, 5.74) is 2.57. The third-order valence-electron chi connectivity index (χ3n) is 4.44. The summed E-state index contributed by atoms with van der Waals surface area (Å²) in [6.07, 6.45) is 1.31. The molecule has 5 nitrogen and oxygen atoms in total. The first-order valence-electron chi connectivity index (χ1n) is 8.29. The quantitative estimate of drug-likeness (QED) is 0.695. The van der Waals surface area contributed by atoms with Gasteiger partial charge in [-0.05, 0) is 41.5 Å². The molecule has 0 aliphatic carbocycles. The highest BCUT2D eigenvalue weighted by atomic mass is 35.5. The summed E-state index contributed by atoms with van der Waals surface area (Å²) < 4.78 is 5.11. The van der Waals surface area contributed by atoms with Crippen molar-refractivity contribution >= 4 is 28.4 Å². The number of amides is 1. The molecule has 2 aromatic carbocycles. The fourth-order valence-corrected chi connectivity index (χ4v) is 3.06. The summed E-state index contributed by atoms with van der Waals surface area (Å²) in [6, 6.07) is 12.7. The van der Waals surface area contributed by atoms with Crippen LogP contribution in [0.15, 0.2) is 48.7 Å². The Labute approximate surface area is 157 Å². The lowest BCUT2D eigenvalue weighted by molar-refractivity contribution is -0.130. The summed E-state index contributed by atoms with van der Waals surface area (Å²) in [4.78, 5) is 17.2. The first-order valence-corrected chi connectivity index (χ1v) is 8.67. The molecule has 136 valence electrons. The number of fused-ring (bicyclic) bond motifs is 1. The molecule has 26 heavy (non-hydrogen) atoms. The Hall–Kier alpha value is -2.50. The number of methoxy groups -OCH3 is 1. The third kappa shape index (κ3) is 4.00. The van der Waals surface area contributed by atoms with Gasteiger partial charge in [0.15, 0.2) is 0 Å². The van der Waals surface area contributed by atoms with Crippen molar-refractivity contribution in [1.82, 2.24) is 9.88 Å². The first kappa shape index (κ1) is 18.3. The van der Waals surface area contributed by atoms with Gasteiger partial charge in [-0.3, -0.25) is 4.79 Å². The molecule has 0 aliphatic rings. The van der Waals surface area contributed by atoms with E-state index >= 15 is 0 Å². The van der Waals surface area contributed by atoms with E-state index in [1.807, 2.05) is 24.4 Å². The predicted molar refractivity (Wildman–Crippen MR) is 103 cm³/mol. The summed E-state index contributed by atoms with van der Waals surface area (Å²) in [5.74, 6) is 0.654. The molecule has 0 saturated carbocycles. The van der Waals surface area contributed by atoms with Crippen molar-refractivity contribution in [2.45, 2.75) is 12.5 Å². The van der Waals surface area contributed by atoms with Gasteiger partial charge in [-0.25, -0.2) is 0 Å². The van der Waals surface area contributed by atoms with E-state index in [-0.39, 0.29) is 18.9 Å². The molecule has 1 aromatic heterocycles. The predicted octanol–water partition coefficient (Wildman–Crippen LogP) is 3.56. The van der Waals surface area contributed by atoms with Gasteiger partial charge >= 0.3 is 0 Å². The number of nitrogens with zero attached hydrogens (tertiary/aromatic N) is 1. The topological polar surface area (TPSA) is 65.6 Å². The first-order chi connectivity index (χ1) is 12.5. The lowest BCUT2D eigenvalue weighted by atomic mass is 10.1. The number of hydrogen-bond acceptors (Lipinski definition) is 3. The van der Waals surface area contributed by atoms with Crippen molar-refractivity contribution in [3.8, 4) is 5.75 Å². The van der Waals surface area contributed by atoms with Gasteiger partial charge in [0.05, 0.1) is 26.2 Å². The Bertz CT molecular complexity index is 905.